The van der Waals surface area contributed by atoms with E-state index in [1.807, 2.05) is 11.3 Å². The van der Waals surface area contributed by atoms with Gasteiger partial charge in [-0.25, -0.2) is 0 Å². The smallest absolute Gasteiger partial charge is 0.0587 e. The van der Waals surface area contributed by atoms with Crippen LogP contribution < -0.4 is 5.32 Å². The molecule has 0 aliphatic carbocycles. The van der Waals surface area contributed by atoms with Crippen molar-refractivity contribution in [2.24, 2.45) is 0 Å². The van der Waals surface area contributed by atoms with E-state index in [1.165, 1.54) is 35.2 Å². The van der Waals surface area contributed by atoms with E-state index in [9.17, 15) is 0 Å². The Morgan fingerprint density at radius 2 is 2.42 bits per heavy atom. The lowest BCUT2D eigenvalue weighted by molar-refractivity contribution is 0.134. The van der Waals surface area contributed by atoms with Crippen molar-refractivity contribution in [3.63, 3.8) is 0 Å². The lowest BCUT2D eigenvalue weighted by atomic mass is 10.0. The van der Waals surface area contributed by atoms with Crippen LogP contribution in [0.1, 0.15) is 24.1 Å². The molecule has 19 heavy (non-hydrogen) atoms. The van der Waals surface area contributed by atoms with E-state index in [-0.39, 0.29) is 0 Å². The Bertz CT molecular complexity index is 372. The number of likely N-dealkylation sites (tertiary alicyclic amines) is 1. The average Bonchev–Trinajstić information content (AvgIpc) is 2.82. The van der Waals surface area contributed by atoms with Crippen molar-refractivity contribution in [1.29, 1.82) is 0 Å². The summed E-state index contributed by atoms with van der Waals surface area (Å²) in [5, 5.41) is 5.67. The molecule has 0 amide bonds. The van der Waals surface area contributed by atoms with Gasteiger partial charge in [0, 0.05) is 42.1 Å². The molecule has 2 heterocycles. The number of nitrogens with one attached hydrogen (secondary N) is 1. The zero-order valence-electron chi connectivity index (χ0n) is 11.5. The Labute approximate surface area is 128 Å². The monoisotopic (exact) mass is 346 g/mol. The van der Waals surface area contributed by atoms with E-state index < -0.39 is 0 Å². The predicted molar refractivity (Wildman–Crippen MR) is 84.8 cm³/mol. The van der Waals surface area contributed by atoms with E-state index >= 15 is 0 Å². The van der Waals surface area contributed by atoms with Gasteiger partial charge >= 0.3 is 0 Å². The van der Waals surface area contributed by atoms with Gasteiger partial charge in [-0.1, -0.05) is 6.42 Å². The van der Waals surface area contributed by atoms with E-state index in [1.54, 1.807) is 7.11 Å². The summed E-state index contributed by atoms with van der Waals surface area (Å²) in [7, 11) is 1.75. The largest absolute Gasteiger partial charge is 0.383 e. The number of halogens is 1. The molecule has 0 aromatic carbocycles. The van der Waals surface area contributed by atoms with Crippen molar-refractivity contribution in [2.75, 3.05) is 33.4 Å². The fourth-order valence-corrected chi connectivity index (χ4v) is 4.07. The van der Waals surface area contributed by atoms with Gasteiger partial charge in [-0.05, 0) is 46.8 Å². The van der Waals surface area contributed by atoms with Gasteiger partial charge in [0.15, 0.2) is 0 Å². The van der Waals surface area contributed by atoms with Crippen LogP contribution in [0, 0.1) is 0 Å². The molecule has 3 nitrogen and oxygen atoms in total. The van der Waals surface area contributed by atoms with E-state index in [2.05, 4.69) is 37.6 Å². The highest BCUT2D eigenvalue weighted by molar-refractivity contribution is 9.10. The first-order chi connectivity index (χ1) is 9.31. The molecule has 0 saturated carbocycles. The minimum Gasteiger partial charge on any atom is -0.383 e. The third-order valence-corrected chi connectivity index (χ3v) is 5.56. The highest BCUT2D eigenvalue weighted by Crippen LogP contribution is 2.27. The van der Waals surface area contributed by atoms with Gasteiger partial charge in [0.2, 0.25) is 0 Å². The number of nitrogens with zero attached hydrogens (tertiary/aromatic N) is 1. The summed E-state index contributed by atoms with van der Waals surface area (Å²) in [5.41, 5.74) is 0. The second-order valence-electron chi connectivity index (χ2n) is 5.01. The number of methoxy groups -OCH3 is 1. The van der Waals surface area contributed by atoms with Gasteiger partial charge in [-0.2, -0.15) is 0 Å². The number of piperidine rings is 1. The first-order valence-electron chi connectivity index (χ1n) is 6.97. The van der Waals surface area contributed by atoms with Gasteiger partial charge in [-0.15, -0.1) is 11.3 Å². The predicted octanol–water partition coefficient (Wildman–Crippen LogP) is 3.10. The number of hydrogen-bond acceptors (Lipinski definition) is 4. The van der Waals surface area contributed by atoms with Crippen molar-refractivity contribution in [1.82, 2.24) is 10.2 Å². The van der Waals surface area contributed by atoms with E-state index in [0.29, 0.717) is 6.04 Å². The lowest BCUT2D eigenvalue weighted by Gasteiger charge is -2.35. The van der Waals surface area contributed by atoms with Crippen LogP contribution in [0.2, 0.25) is 0 Å². The summed E-state index contributed by atoms with van der Waals surface area (Å²) in [6.45, 7) is 5.12. The summed E-state index contributed by atoms with van der Waals surface area (Å²) in [6, 6.07) is 2.81. The van der Waals surface area contributed by atoms with Crippen LogP contribution in [0.3, 0.4) is 0 Å². The first kappa shape index (κ1) is 15.4. The molecule has 1 fully saturated rings. The van der Waals surface area contributed by atoms with Gasteiger partial charge in [0.25, 0.3) is 0 Å². The number of ether oxygens (including phenoxy) is 1. The quantitative estimate of drug-likeness (QED) is 0.767. The van der Waals surface area contributed by atoms with Gasteiger partial charge in [0.1, 0.15) is 0 Å². The second kappa shape index (κ2) is 8.37. The molecule has 1 aromatic heterocycles. The molecule has 0 spiro atoms. The Hall–Kier alpha value is 0.0600. The van der Waals surface area contributed by atoms with Crippen LogP contribution >= 0.6 is 27.3 Å². The van der Waals surface area contributed by atoms with Crippen molar-refractivity contribution < 1.29 is 4.74 Å². The molecule has 1 unspecified atom stereocenters. The molecule has 1 N–H and O–H groups in total. The van der Waals surface area contributed by atoms with Crippen molar-refractivity contribution in [2.45, 2.75) is 31.8 Å². The van der Waals surface area contributed by atoms with Crippen molar-refractivity contribution in [3.05, 3.63) is 20.8 Å². The summed E-state index contributed by atoms with van der Waals surface area (Å²) in [4.78, 5) is 4.07. The molecule has 0 bridgehead atoms. The molecule has 2 rings (SSSR count). The highest BCUT2D eigenvalue weighted by Gasteiger charge is 2.22. The maximum absolute atomic E-state index is 5.08. The van der Waals surface area contributed by atoms with E-state index in [0.717, 1.165) is 26.2 Å². The Balaban J connectivity index is 1.83. The fraction of sp³-hybridized carbons (Fsp3) is 0.714. The topological polar surface area (TPSA) is 24.5 Å². The van der Waals surface area contributed by atoms with Gasteiger partial charge in [0.05, 0.1) is 6.61 Å². The maximum atomic E-state index is 5.08. The maximum Gasteiger partial charge on any atom is 0.0587 e. The highest BCUT2D eigenvalue weighted by atomic mass is 79.9. The lowest BCUT2D eigenvalue weighted by Crippen LogP contribution is -2.45. The molecule has 1 aliphatic heterocycles. The third kappa shape index (κ3) is 4.83. The molecule has 108 valence electrons. The molecule has 5 heteroatoms. The van der Waals surface area contributed by atoms with Crippen LogP contribution in [0.25, 0.3) is 0 Å². The number of hydrogen-bond donors (Lipinski definition) is 1. The normalized spacial score (nSPS) is 20.8. The van der Waals surface area contributed by atoms with Crippen molar-refractivity contribution >= 4 is 27.3 Å². The van der Waals surface area contributed by atoms with E-state index in [4.69, 9.17) is 4.74 Å². The Morgan fingerprint density at radius 3 is 3.16 bits per heavy atom. The van der Waals surface area contributed by atoms with Crippen LogP contribution in [0.15, 0.2) is 15.9 Å². The average molecular weight is 347 g/mol. The number of rotatable bonds is 7. The Kier molecular flexibility index (Phi) is 6.81. The van der Waals surface area contributed by atoms with Crippen LogP contribution in [0.4, 0.5) is 0 Å². The molecule has 1 saturated heterocycles. The standard InChI is InChI=1S/C14H23BrN2OS/c1-18-8-6-16-10-12-4-2-3-7-17(12)11-14-13(15)5-9-19-14/h5,9,12,16H,2-4,6-8,10-11H2,1H3. The minimum atomic E-state index is 0.666. The first-order valence-corrected chi connectivity index (χ1v) is 8.64. The molecule has 1 aromatic rings. The van der Waals surface area contributed by atoms with Crippen LogP contribution in [-0.2, 0) is 11.3 Å². The molecule has 0 radical (unpaired) electrons. The zero-order valence-corrected chi connectivity index (χ0v) is 13.9. The minimum absolute atomic E-state index is 0.666. The summed E-state index contributed by atoms with van der Waals surface area (Å²) in [5.74, 6) is 0. The third-order valence-electron chi connectivity index (χ3n) is 3.65. The Morgan fingerprint density at radius 1 is 1.53 bits per heavy atom. The second-order valence-corrected chi connectivity index (χ2v) is 6.86. The summed E-state index contributed by atoms with van der Waals surface area (Å²) in [6.07, 6.45) is 4.00. The molecule has 1 atom stereocenters. The number of thiophene rings is 1. The van der Waals surface area contributed by atoms with Crippen LogP contribution in [-0.4, -0.2) is 44.3 Å². The van der Waals surface area contributed by atoms with Crippen LogP contribution in [0.5, 0.6) is 0 Å². The SMILES string of the molecule is COCCNCC1CCCCN1Cc1sccc1Br. The van der Waals surface area contributed by atoms with Crippen molar-refractivity contribution in [3.8, 4) is 0 Å². The molecular weight excluding hydrogens is 324 g/mol. The van der Waals surface area contributed by atoms with Gasteiger partial charge in [-0.3, -0.25) is 4.90 Å². The van der Waals surface area contributed by atoms with Gasteiger partial charge < -0.3 is 10.1 Å². The molecular formula is C14H23BrN2OS. The summed E-state index contributed by atoms with van der Waals surface area (Å²) < 4.78 is 6.34. The fourth-order valence-electron chi connectivity index (χ4n) is 2.56. The zero-order chi connectivity index (χ0) is 13.5. The summed E-state index contributed by atoms with van der Waals surface area (Å²) >= 11 is 5.49. The molecule has 1 aliphatic rings.